The highest BCUT2D eigenvalue weighted by molar-refractivity contribution is 5.08. The van der Waals surface area contributed by atoms with Gasteiger partial charge in [-0.25, -0.2) is 0 Å². The van der Waals surface area contributed by atoms with Crippen LogP contribution in [0.2, 0.25) is 0 Å². The van der Waals surface area contributed by atoms with Gasteiger partial charge >= 0.3 is 0 Å². The Bertz CT molecular complexity index is 399. The molecular formula is C16H30N4. The molecule has 1 saturated carbocycles. The lowest BCUT2D eigenvalue weighted by Gasteiger charge is -2.38. The van der Waals surface area contributed by atoms with Crippen molar-refractivity contribution in [2.45, 2.75) is 52.4 Å². The third-order valence-electron chi connectivity index (χ3n) is 4.94. The van der Waals surface area contributed by atoms with Crippen molar-refractivity contribution in [1.29, 1.82) is 0 Å². The summed E-state index contributed by atoms with van der Waals surface area (Å²) in [6, 6.07) is 0. The monoisotopic (exact) mass is 278 g/mol. The van der Waals surface area contributed by atoms with Gasteiger partial charge in [0.05, 0.1) is 11.9 Å². The van der Waals surface area contributed by atoms with Gasteiger partial charge in [0.25, 0.3) is 0 Å². The van der Waals surface area contributed by atoms with Crippen molar-refractivity contribution in [2.24, 2.45) is 24.8 Å². The van der Waals surface area contributed by atoms with E-state index in [4.69, 9.17) is 0 Å². The summed E-state index contributed by atoms with van der Waals surface area (Å²) in [7, 11) is 2.03. The van der Waals surface area contributed by atoms with Gasteiger partial charge < -0.3 is 5.32 Å². The van der Waals surface area contributed by atoms with E-state index in [0.717, 1.165) is 30.8 Å². The average molecular weight is 278 g/mol. The van der Waals surface area contributed by atoms with Crippen LogP contribution >= 0.6 is 0 Å². The van der Waals surface area contributed by atoms with Gasteiger partial charge in [0.2, 0.25) is 0 Å². The lowest BCUT2D eigenvalue weighted by molar-refractivity contribution is 0.185. The Morgan fingerprint density at radius 2 is 2.20 bits per heavy atom. The van der Waals surface area contributed by atoms with Crippen LogP contribution in [0.25, 0.3) is 0 Å². The van der Waals surface area contributed by atoms with Crippen LogP contribution in [0.4, 0.5) is 0 Å². The van der Waals surface area contributed by atoms with E-state index in [1.807, 2.05) is 17.9 Å². The molecule has 1 aliphatic rings. The van der Waals surface area contributed by atoms with E-state index >= 15 is 0 Å². The van der Waals surface area contributed by atoms with Crippen LogP contribution < -0.4 is 5.32 Å². The second-order valence-electron chi connectivity index (χ2n) is 6.67. The average Bonchev–Trinajstić information content (AvgIpc) is 2.85. The number of hydrogen-bond donors (Lipinski definition) is 1. The second-order valence-corrected chi connectivity index (χ2v) is 6.67. The molecule has 1 fully saturated rings. The van der Waals surface area contributed by atoms with E-state index in [-0.39, 0.29) is 0 Å². The SMILES string of the molecule is CCCNCC1CCC(C(C)C)CC1c1cnnn1C. The lowest BCUT2D eigenvalue weighted by Crippen LogP contribution is -2.34. The molecule has 1 aromatic heterocycles. The standard InChI is InChI=1S/C16H30N4/c1-5-8-17-10-14-7-6-13(12(2)3)9-15(14)16-11-18-19-20(16)4/h11-15,17H,5-10H2,1-4H3. The maximum atomic E-state index is 4.14. The Kier molecular flexibility index (Phi) is 5.58. The number of nitrogens with zero attached hydrogens (tertiary/aromatic N) is 3. The molecule has 1 aromatic rings. The summed E-state index contributed by atoms with van der Waals surface area (Å²) in [6.07, 6.45) is 7.17. The van der Waals surface area contributed by atoms with Crippen molar-refractivity contribution in [3.63, 3.8) is 0 Å². The molecule has 0 saturated heterocycles. The minimum Gasteiger partial charge on any atom is -0.316 e. The van der Waals surface area contributed by atoms with Crippen molar-refractivity contribution in [2.75, 3.05) is 13.1 Å². The number of aromatic nitrogens is 3. The van der Waals surface area contributed by atoms with Crippen LogP contribution in [-0.2, 0) is 7.05 Å². The van der Waals surface area contributed by atoms with Crippen molar-refractivity contribution < 1.29 is 0 Å². The van der Waals surface area contributed by atoms with Crippen LogP contribution in [-0.4, -0.2) is 28.1 Å². The molecule has 0 aliphatic heterocycles. The number of aryl methyl sites for hydroxylation is 1. The van der Waals surface area contributed by atoms with E-state index in [1.54, 1.807) is 0 Å². The Labute approximate surface area is 123 Å². The maximum Gasteiger partial charge on any atom is 0.0728 e. The molecule has 0 radical (unpaired) electrons. The molecule has 1 N–H and O–H groups in total. The second kappa shape index (κ2) is 7.21. The van der Waals surface area contributed by atoms with Crippen LogP contribution in [0.5, 0.6) is 0 Å². The van der Waals surface area contributed by atoms with E-state index in [1.165, 1.54) is 31.4 Å². The molecule has 1 heterocycles. The van der Waals surface area contributed by atoms with Crippen molar-refractivity contribution >= 4 is 0 Å². The maximum absolute atomic E-state index is 4.14. The largest absolute Gasteiger partial charge is 0.316 e. The lowest BCUT2D eigenvalue weighted by atomic mass is 9.69. The predicted octanol–water partition coefficient (Wildman–Crippen LogP) is 2.97. The van der Waals surface area contributed by atoms with Gasteiger partial charge in [-0.05, 0) is 56.5 Å². The van der Waals surface area contributed by atoms with Crippen LogP contribution in [0.1, 0.15) is 58.1 Å². The summed E-state index contributed by atoms with van der Waals surface area (Å²) in [6.45, 7) is 9.21. The van der Waals surface area contributed by atoms with Gasteiger partial charge in [0, 0.05) is 13.0 Å². The molecule has 1 aliphatic carbocycles. The topological polar surface area (TPSA) is 42.7 Å². The Hall–Kier alpha value is -0.900. The highest BCUT2D eigenvalue weighted by Gasteiger charge is 2.34. The molecule has 4 heteroatoms. The third-order valence-corrected chi connectivity index (χ3v) is 4.94. The van der Waals surface area contributed by atoms with Gasteiger partial charge in [0.1, 0.15) is 0 Å². The van der Waals surface area contributed by atoms with Crippen LogP contribution in [0.3, 0.4) is 0 Å². The fourth-order valence-electron chi connectivity index (χ4n) is 3.58. The predicted molar refractivity (Wildman–Crippen MR) is 82.6 cm³/mol. The first-order valence-electron chi connectivity index (χ1n) is 8.18. The molecule has 4 nitrogen and oxygen atoms in total. The molecule has 114 valence electrons. The smallest absolute Gasteiger partial charge is 0.0728 e. The van der Waals surface area contributed by atoms with Gasteiger partial charge in [-0.1, -0.05) is 26.0 Å². The summed E-state index contributed by atoms with van der Waals surface area (Å²) in [5.41, 5.74) is 1.32. The van der Waals surface area contributed by atoms with Gasteiger partial charge in [-0.3, -0.25) is 4.68 Å². The zero-order chi connectivity index (χ0) is 14.5. The Morgan fingerprint density at radius 1 is 1.40 bits per heavy atom. The molecule has 0 aromatic carbocycles. The van der Waals surface area contributed by atoms with Crippen LogP contribution in [0.15, 0.2) is 6.20 Å². The first-order valence-corrected chi connectivity index (χ1v) is 8.18. The minimum absolute atomic E-state index is 0.612. The summed E-state index contributed by atoms with van der Waals surface area (Å²) < 4.78 is 1.97. The zero-order valence-corrected chi connectivity index (χ0v) is 13.5. The molecule has 0 amide bonds. The fourth-order valence-corrected chi connectivity index (χ4v) is 3.58. The molecule has 3 atom stereocenters. The van der Waals surface area contributed by atoms with E-state index in [9.17, 15) is 0 Å². The minimum atomic E-state index is 0.612. The summed E-state index contributed by atoms with van der Waals surface area (Å²) >= 11 is 0. The molecular weight excluding hydrogens is 248 g/mol. The van der Waals surface area contributed by atoms with Crippen LogP contribution in [0, 0.1) is 17.8 Å². The van der Waals surface area contributed by atoms with Crippen molar-refractivity contribution in [1.82, 2.24) is 20.3 Å². The van der Waals surface area contributed by atoms with E-state index in [0.29, 0.717) is 5.92 Å². The summed E-state index contributed by atoms with van der Waals surface area (Å²) in [4.78, 5) is 0. The quantitative estimate of drug-likeness (QED) is 0.814. The molecule has 0 spiro atoms. The molecule has 3 unspecified atom stereocenters. The van der Waals surface area contributed by atoms with Crippen molar-refractivity contribution in [3.8, 4) is 0 Å². The molecule has 2 rings (SSSR count). The van der Waals surface area contributed by atoms with E-state index < -0.39 is 0 Å². The zero-order valence-electron chi connectivity index (χ0n) is 13.5. The van der Waals surface area contributed by atoms with Gasteiger partial charge in [-0.15, -0.1) is 5.10 Å². The highest BCUT2D eigenvalue weighted by atomic mass is 15.4. The first kappa shape index (κ1) is 15.5. The fraction of sp³-hybridized carbons (Fsp3) is 0.875. The van der Waals surface area contributed by atoms with Crippen molar-refractivity contribution in [3.05, 3.63) is 11.9 Å². The van der Waals surface area contributed by atoms with E-state index in [2.05, 4.69) is 36.4 Å². The molecule has 20 heavy (non-hydrogen) atoms. The highest BCUT2D eigenvalue weighted by Crippen LogP contribution is 2.42. The normalized spacial score (nSPS) is 27.1. The number of rotatable bonds is 6. The third kappa shape index (κ3) is 3.60. The first-order chi connectivity index (χ1) is 9.63. The number of hydrogen-bond acceptors (Lipinski definition) is 3. The molecule has 0 bridgehead atoms. The number of nitrogens with one attached hydrogen (secondary N) is 1. The summed E-state index contributed by atoms with van der Waals surface area (Å²) in [5, 5.41) is 11.8. The Balaban J connectivity index is 2.08. The van der Waals surface area contributed by atoms with Gasteiger partial charge in [0.15, 0.2) is 0 Å². The van der Waals surface area contributed by atoms with Gasteiger partial charge in [-0.2, -0.15) is 0 Å². The summed E-state index contributed by atoms with van der Waals surface area (Å²) in [5.74, 6) is 2.97. The Morgan fingerprint density at radius 3 is 2.80 bits per heavy atom.